The summed E-state index contributed by atoms with van der Waals surface area (Å²) in [5.41, 5.74) is 1.07. The molecule has 5 heteroatoms. The molecule has 0 spiro atoms. The first-order valence-electron chi connectivity index (χ1n) is 7.17. The van der Waals surface area contributed by atoms with Crippen molar-refractivity contribution in [3.05, 3.63) is 11.9 Å². The number of rotatable bonds is 6. The molecule has 0 bridgehead atoms. The van der Waals surface area contributed by atoms with Crippen LogP contribution in [-0.4, -0.2) is 54.3 Å². The van der Waals surface area contributed by atoms with Crippen LogP contribution in [-0.2, 0) is 11.3 Å². The zero-order valence-corrected chi connectivity index (χ0v) is 12.4. The van der Waals surface area contributed by atoms with Gasteiger partial charge in [-0.1, -0.05) is 0 Å². The molecule has 0 radical (unpaired) electrons. The lowest BCUT2D eigenvalue weighted by Gasteiger charge is -2.30. The van der Waals surface area contributed by atoms with Gasteiger partial charge in [0.05, 0.1) is 5.69 Å². The third-order valence-corrected chi connectivity index (χ3v) is 3.60. The summed E-state index contributed by atoms with van der Waals surface area (Å²) in [6.45, 7) is 6.11. The van der Waals surface area contributed by atoms with Gasteiger partial charge in [-0.25, -0.2) is 4.98 Å². The number of likely N-dealkylation sites (tertiary alicyclic amines) is 1. The molecule has 108 valence electrons. The first-order valence-corrected chi connectivity index (χ1v) is 7.17. The summed E-state index contributed by atoms with van der Waals surface area (Å²) in [6.07, 6.45) is 5.63. The van der Waals surface area contributed by atoms with Gasteiger partial charge in [0.25, 0.3) is 0 Å². The number of nitrogens with one attached hydrogen (secondary N) is 1. The van der Waals surface area contributed by atoms with Crippen molar-refractivity contribution in [3.8, 4) is 0 Å². The average Bonchev–Trinajstić information content (AvgIpc) is 2.70. The van der Waals surface area contributed by atoms with Crippen molar-refractivity contribution in [1.29, 1.82) is 0 Å². The molecule has 1 N–H and O–H groups in total. The molecule has 0 aromatic carbocycles. The lowest BCUT2D eigenvalue weighted by atomic mass is 10.1. The Hall–Kier alpha value is -1.07. The summed E-state index contributed by atoms with van der Waals surface area (Å²) in [6, 6.07) is 0.515. The van der Waals surface area contributed by atoms with Gasteiger partial charge in [-0.2, -0.15) is 0 Å². The largest absolute Gasteiger partial charge is 0.385 e. The smallest absolute Gasteiger partial charge is 0.203 e. The molecule has 1 fully saturated rings. The molecule has 2 rings (SSSR count). The third kappa shape index (κ3) is 4.21. The molecule has 19 heavy (non-hydrogen) atoms. The van der Waals surface area contributed by atoms with Crippen molar-refractivity contribution in [2.45, 2.75) is 38.8 Å². The summed E-state index contributed by atoms with van der Waals surface area (Å²) in [5, 5.41) is 3.60. The Morgan fingerprint density at radius 1 is 1.53 bits per heavy atom. The number of ether oxygens (including phenoxy) is 1. The number of nitrogens with zero attached hydrogens (tertiary/aromatic N) is 3. The summed E-state index contributed by atoms with van der Waals surface area (Å²) in [7, 11) is 3.93. The van der Waals surface area contributed by atoms with E-state index in [9.17, 15) is 0 Å². The van der Waals surface area contributed by atoms with E-state index in [2.05, 4.69) is 33.0 Å². The standard InChI is InChI=1S/C14H26N4O/c1-12-10-18(8-5-9-19-3)14(15-12)16-13-6-4-7-17(2)11-13/h10,13H,4-9,11H2,1-3H3,(H,15,16). The van der Waals surface area contributed by atoms with Gasteiger partial charge >= 0.3 is 0 Å². The second-order valence-electron chi connectivity index (χ2n) is 5.49. The summed E-state index contributed by atoms with van der Waals surface area (Å²) in [4.78, 5) is 6.98. The van der Waals surface area contributed by atoms with Gasteiger partial charge in [0, 0.05) is 39.0 Å². The SMILES string of the molecule is COCCCn1cc(C)nc1NC1CCCN(C)C1. The van der Waals surface area contributed by atoms with Gasteiger partial charge < -0.3 is 19.5 Å². The predicted molar refractivity (Wildman–Crippen MR) is 77.6 cm³/mol. The van der Waals surface area contributed by atoms with Crippen LogP contribution in [0.25, 0.3) is 0 Å². The van der Waals surface area contributed by atoms with E-state index in [1.54, 1.807) is 7.11 Å². The van der Waals surface area contributed by atoms with Crippen LogP contribution in [0.5, 0.6) is 0 Å². The van der Waals surface area contributed by atoms with Gasteiger partial charge in [-0.05, 0) is 39.8 Å². The van der Waals surface area contributed by atoms with Crippen LogP contribution in [0.3, 0.4) is 0 Å². The van der Waals surface area contributed by atoms with E-state index < -0.39 is 0 Å². The van der Waals surface area contributed by atoms with Crippen LogP contribution in [0, 0.1) is 6.92 Å². The Bertz CT molecular complexity index is 391. The maximum Gasteiger partial charge on any atom is 0.203 e. The highest BCUT2D eigenvalue weighted by atomic mass is 16.5. The molecule has 1 unspecified atom stereocenters. The normalized spacial score (nSPS) is 20.7. The average molecular weight is 266 g/mol. The van der Waals surface area contributed by atoms with Crippen molar-refractivity contribution in [2.24, 2.45) is 0 Å². The number of piperidine rings is 1. The van der Waals surface area contributed by atoms with Crippen molar-refractivity contribution in [3.63, 3.8) is 0 Å². The second-order valence-corrected chi connectivity index (χ2v) is 5.49. The van der Waals surface area contributed by atoms with Gasteiger partial charge in [0.1, 0.15) is 0 Å². The number of hydrogen-bond donors (Lipinski definition) is 1. The Morgan fingerprint density at radius 3 is 3.11 bits per heavy atom. The quantitative estimate of drug-likeness (QED) is 0.796. The van der Waals surface area contributed by atoms with Crippen LogP contribution in [0.15, 0.2) is 6.20 Å². The Kier molecular flexibility index (Phi) is 5.22. The fourth-order valence-corrected chi connectivity index (χ4v) is 2.68. The molecular weight excluding hydrogens is 240 g/mol. The predicted octanol–water partition coefficient (Wildman–Crippen LogP) is 1.73. The van der Waals surface area contributed by atoms with E-state index in [1.165, 1.54) is 19.4 Å². The van der Waals surface area contributed by atoms with Gasteiger partial charge in [0.2, 0.25) is 5.95 Å². The zero-order valence-electron chi connectivity index (χ0n) is 12.4. The van der Waals surface area contributed by atoms with Gasteiger partial charge in [-0.15, -0.1) is 0 Å². The van der Waals surface area contributed by atoms with E-state index in [-0.39, 0.29) is 0 Å². The molecule has 0 amide bonds. The molecule has 1 aliphatic heterocycles. The first kappa shape index (κ1) is 14.3. The zero-order chi connectivity index (χ0) is 13.7. The molecule has 1 atom stereocenters. The molecule has 1 aromatic rings. The van der Waals surface area contributed by atoms with Crippen LogP contribution in [0.2, 0.25) is 0 Å². The fraction of sp³-hybridized carbons (Fsp3) is 0.786. The molecule has 0 aliphatic carbocycles. The molecule has 5 nitrogen and oxygen atoms in total. The highest BCUT2D eigenvalue weighted by Crippen LogP contribution is 2.15. The van der Waals surface area contributed by atoms with Crippen LogP contribution in [0.4, 0.5) is 5.95 Å². The lowest BCUT2D eigenvalue weighted by Crippen LogP contribution is -2.40. The fourth-order valence-electron chi connectivity index (χ4n) is 2.68. The monoisotopic (exact) mass is 266 g/mol. The minimum absolute atomic E-state index is 0.515. The minimum Gasteiger partial charge on any atom is -0.385 e. The number of imidazole rings is 1. The molecule has 1 saturated heterocycles. The second kappa shape index (κ2) is 6.91. The first-order chi connectivity index (χ1) is 9.19. The van der Waals surface area contributed by atoms with E-state index in [4.69, 9.17) is 4.74 Å². The Labute approximate surface area is 116 Å². The number of aryl methyl sites for hydroxylation is 2. The number of methoxy groups -OCH3 is 1. The van der Waals surface area contributed by atoms with Crippen molar-refractivity contribution >= 4 is 5.95 Å². The van der Waals surface area contributed by atoms with E-state index in [1.807, 2.05) is 6.92 Å². The highest BCUT2D eigenvalue weighted by molar-refractivity contribution is 5.30. The third-order valence-electron chi connectivity index (χ3n) is 3.60. The summed E-state index contributed by atoms with van der Waals surface area (Å²) < 4.78 is 7.32. The van der Waals surface area contributed by atoms with E-state index in [0.29, 0.717) is 6.04 Å². The Balaban J connectivity index is 1.94. The van der Waals surface area contributed by atoms with E-state index in [0.717, 1.165) is 37.8 Å². The summed E-state index contributed by atoms with van der Waals surface area (Å²) >= 11 is 0. The topological polar surface area (TPSA) is 42.3 Å². The number of anilines is 1. The summed E-state index contributed by atoms with van der Waals surface area (Å²) in [5.74, 6) is 1.01. The maximum absolute atomic E-state index is 5.11. The highest BCUT2D eigenvalue weighted by Gasteiger charge is 2.18. The van der Waals surface area contributed by atoms with E-state index >= 15 is 0 Å². The number of hydrogen-bond acceptors (Lipinski definition) is 4. The maximum atomic E-state index is 5.11. The Morgan fingerprint density at radius 2 is 2.37 bits per heavy atom. The van der Waals surface area contributed by atoms with Crippen LogP contribution in [0.1, 0.15) is 25.0 Å². The van der Waals surface area contributed by atoms with Gasteiger partial charge in [-0.3, -0.25) is 0 Å². The van der Waals surface area contributed by atoms with Crippen LogP contribution < -0.4 is 5.32 Å². The molecular formula is C14H26N4O. The molecule has 0 saturated carbocycles. The number of likely N-dealkylation sites (N-methyl/N-ethyl adjacent to an activating group) is 1. The van der Waals surface area contributed by atoms with Crippen LogP contribution >= 0.6 is 0 Å². The van der Waals surface area contributed by atoms with Crippen molar-refractivity contribution < 1.29 is 4.74 Å². The number of aromatic nitrogens is 2. The molecule has 2 heterocycles. The van der Waals surface area contributed by atoms with Gasteiger partial charge in [0.15, 0.2) is 0 Å². The molecule has 1 aromatic heterocycles. The van der Waals surface area contributed by atoms with Crippen molar-refractivity contribution in [1.82, 2.24) is 14.5 Å². The lowest BCUT2D eigenvalue weighted by molar-refractivity contribution is 0.190. The van der Waals surface area contributed by atoms with Crippen molar-refractivity contribution in [2.75, 3.05) is 39.2 Å². The minimum atomic E-state index is 0.515. The molecule has 1 aliphatic rings.